The van der Waals surface area contributed by atoms with Gasteiger partial charge >= 0.3 is 0 Å². The zero-order valence-electron chi connectivity index (χ0n) is 14.5. The third-order valence-electron chi connectivity index (χ3n) is 3.79. The molecule has 2 rings (SSSR count). The fourth-order valence-electron chi connectivity index (χ4n) is 2.25. The van der Waals surface area contributed by atoms with Crippen LogP contribution in [0.4, 0.5) is 0 Å². The van der Waals surface area contributed by atoms with Crippen molar-refractivity contribution in [3.05, 3.63) is 63.6 Å². The molecule has 0 aliphatic rings. The second-order valence-electron chi connectivity index (χ2n) is 7.91. The minimum absolute atomic E-state index is 0.0621. The van der Waals surface area contributed by atoms with E-state index in [9.17, 15) is 4.79 Å². The summed E-state index contributed by atoms with van der Waals surface area (Å²) in [5.41, 5.74) is 3.32. The van der Waals surface area contributed by atoms with Crippen molar-refractivity contribution < 1.29 is 0 Å². The largest absolute Gasteiger partial charge is 0.268 e. The first-order valence-electron chi connectivity index (χ1n) is 7.75. The van der Waals surface area contributed by atoms with Crippen LogP contribution in [-0.4, -0.2) is 9.78 Å². The topological polar surface area (TPSA) is 34.9 Å². The second kappa shape index (κ2) is 5.71. The number of hydrogen-bond acceptors (Lipinski definition) is 2. The molecule has 1 heterocycles. The van der Waals surface area contributed by atoms with Crippen molar-refractivity contribution in [2.75, 3.05) is 0 Å². The van der Waals surface area contributed by atoms with Crippen molar-refractivity contribution in [1.29, 1.82) is 0 Å². The zero-order chi connectivity index (χ0) is 16.5. The molecule has 3 heteroatoms. The van der Waals surface area contributed by atoms with E-state index in [4.69, 9.17) is 0 Å². The molecule has 0 aliphatic heterocycles. The zero-order valence-corrected chi connectivity index (χ0v) is 14.5. The Morgan fingerprint density at radius 1 is 0.864 bits per heavy atom. The van der Waals surface area contributed by atoms with Crippen LogP contribution in [0.5, 0.6) is 0 Å². The highest BCUT2D eigenvalue weighted by atomic mass is 16.1. The minimum Gasteiger partial charge on any atom is -0.268 e. The lowest BCUT2D eigenvalue weighted by atomic mass is 9.87. The number of rotatable bonds is 2. The summed E-state index contributed by atoms with van der Waals surface area (Å²) < 4.78 is 1.55. The van der Waals surface area contributed by atoms with Crippen LogP contribution in [0.3, 0.4) is 0 Å². The molecular weight excluding hydrogens is 272 g/mol. The molecule has 0 fully saturated rings. The van der Waals surface area contributed by atoms with Gasteiger partial charge in [-0.2, -0.15) is 5.10 Å². The Bertz CT molecular complexity index is 698. The van der Waals surface area contributed by atoms with E-state index < -0.39 is 0 Å². The molecule has 0 unspecified atom stereocenters. The first-order valence-corrected chi connectivity index (χ1v) is 7.75. The van der Waals surface area contributed by atoms with Crippen LogP contribution >= 0.6 is 0 Å². The molecule has 0 N–H and O–H groups in total. The molecule has 3 nitrogen and oxygen atoms in total. The molecule has 0 saturated heterocycles. The SMILES string of the molecule is CC(C)(C)c1ccc(Cn2nc(C(C)(C)C)ccc2=O)cc1. The first-order chi connectivity index (χ1) is 10.1. The predicted octanol–water partition coefficient (Wildman–Crippen LogP) is 3.89. The second-order valence-corrected chi connectivity index (χ2v) is 7.91. The molecule has 2 aromatic rings. The Hall–Kier alpha value is -1.90. The minimum atomic E-state index is -0.0639. The van der Waals surface area contributed by atoms with Gasteiger partial charge in [0.05, 0.1) is 12.2 Å². The summed E-state index contributed by atoms with van der Waals surface area (Å²) in [7, 11) is 0. The van der Waals surface area contributed by atoms with E-state index in [1.165, 1.54) is 5.56 Å². The summed E-state index contributed by atoms with van der Waals surface area (Å²) in [6.07, 6.45) is 0. The molecule has 0 bridgehead atoms. The third kappa shape index (κ3) is 3.85. The van der Waals surface area contributed by atoms with Gasteiger partial charge < -0.3 is 0 Å². The molecule has 1 aromatic heterocycles. The molecule has 0 amide bonds. The fourth-order valence-corrected chi connectivity index (χ4v) is 2.25. The smallest absolute Gasteiger partial charge is 0.267 e. The van der Waals surface area contributed by atoms with Gasteiger partial charge in [0, 0.05) is 11.5 Å². The van der Waals surface area contributed by atoms with Gasteiger partial charge in [0.25, 0.3) is 5.56 Å². The van der Waals surface area contributed by atoms with E-state index in [1.807, 2.05) is 6.07 Å². The van der Waals surface area contributed by atoms with Gasteiger partial charge in [-0.15, -0.1) is 0 Å². The summed E-state index contributed by atoms with van der Waals surface area (Å²) in [4.78, 5) is 12.0. The van der Waals surface area contributed by atoms with Gasteiger partial charge in [-0.25, -0.2) is 4.68 Å². The van der Waals surface area contributed by atoms with Gasteiger partial charge in [0.15, 0.2) is 0 Å². The lowest BCUT2D eigenvalue weighted by Gasteiger charge is -2.20. The van der Waals surface area contributed by atoms with Crippen LogP contribution in [0, 0.1) is 0 Å². The molecule has 0 atom stereocenters. The maximum atomic E-state index is 12.0. The molecule has 22 heavy (non-hydrogen) atoms. The summed E-state index contributed by atoms with van der Waals surface area (Å²) in [6.45, 7) is 13.4. The lowest BCUT2D eigenvalue weighted by molar-refractivity contribution is 0.517. The van der Waals surface area contributed by atoms with Crippen LogP contribution in [0.1, 0.15) is 58.4 Å². The van der Waals surface area contributed by atoms with Crippen molar-refractivity contribution in [1.82, 2.24) is 9.78 Å². The van der Waals surface area contributed by atoms with E-state index in [2.05, 4.69) is 70.9 Å². The van der Waals surface area contributed by atoms with Crippen LogP contribution in [-0.2, 0) is 17.4 Å². The number of benzene rings is 1. The molecule has 0 spiro atoms. The van der Waals surface area contributed by atoms with Crippen molar-refractivity contribution in [3.63, 3.8) is 0 Å². The van der Waals surface area contributed by atoms with Crippen LogP contribution < -0.4 is 5.56 Å². The van der Waals surface area contributed by atoms with Gasteiger partial charge in [-0.05, 0) is 22.6 Å². The Balaban J connectivity index is 2.29. The van der Waals surface area contributed by atoms with E-state index in [0.717, 1.165) is 11.3 Å². The van der Waals surface area contributed by atoms with E-state index >= 15 is 0 Å². The lowest BCUT2D eigenvalue weighted by Crippen LogP contribution is -2.27. The van der Waals surface area contributed by atoms with Crippen LogP contribution in [0.2, 0.25) is 0 Å². The van der Waals surface area contributed by atoms with E-state index in [-0.39, 0.29) is 16.4 Å². The van der Waals surface area contributed by atoms with Crippen molar-refractivity contribution in [3.8, 4) is 0 Å². The normalized spacial score (nSPS) is 12.5. The van der Waals surface area contributed by atoms with E-state index in [1.54, 1.807) is 10.7 Å². The van der Waals surface area contributed by atoms with Crippen molar-refractivity contribution >= 4 is 0 Å². The monoisotopic (exact) mass is 298 g/mol. The fraction of sp³-hybridized carbons (Fsp3) is 0.474. The molecule has 0 radical (unpaired) electrons. The molecular formula is C19H26N2O. The Morgan fingerprint density at radius 3 is 1.95 bits per heavy atom. The molecule has 0 saturated carbocycles. The average molecular weight is 298 g/mol. The first kappa shape index (κ1) is 16.5. The third-order valence-corrected chi connectivity index (χ3v) is 3.79. The number of nitrogens with zero attached hydrogens (tertiary/aromatic N) is 2. The highest BCUT2D eigenvalue weighted by molar-refractivity contribution is 5.27. The van der Waals surface area contributed by atoms with E-state index in [0.29, 0.717) is 6.54 Å². The number of hydrogen-bond donors (Lipinski definition) is 0. The Labute approximate surface area is 133 Å². The molecule has 0 aliphatic carbocycles. The van der Waals surface area contributed by atoms with Gasteiger partial charge in [0.1, 0.15) is 0 Å². The molecule has 118 valence electrons. The van der Waals surface area contributed by atoms with Gasteiger partial charge in [-0.1, -0.05) is 65.8 Å². The standard InChI is InChI=1S/C19H26N2O/c1-18(2,3)15-9-7-14(8-10-15)13-21-17(22)12-11-16(20-21)19(4,5)6/h7-12H,13H2,1-6H3. The summed E-state index contributed by atoms with van der Waals surface area (Å²) in [6, 6.07) is 11.9. The highest BCUT2D eigenvalue weighted by Crippen LogP contribution is 2.22. The predicted molar refractivity (Wildman–Crippen MR) is 91.4 cm³/mol. The highest BCUT2D eigenvalue weighted by Gasteiger charge is 2.17. The Kier molecular flexibility index (Phi) is 4.28. The van der Waals surface area contributed by atoms with Crippen molar-refractivity contribution in [2.24, 2.45) is 0 Å². The number of aromatic nitrogens is 2. The quantitative estimate of drug-likeness (QED) is 0.843. The Morgan fingerprint density at radius 2 is 1.45 bits per heavy atom. The van der Waals surface area contributed by atoms with Gasteiger partial charge in [0.2, 0.25) is 0 Å². The van der Waals surface area contributed by atoms with Gasteiger partial charge in [-0.3, -0.25) is 4.79 Å². The van der Waals surface area contributed by atoms with Crippen LogP contribution in [0.15, 0.2) is 41.2 Å². The maximum Gasteiger partial charge on any atom is 0.267 e. The van der Waals surface area contributed by atoms with Crippen LogP contribution in [0.25, 0.3) is 0 Å². The maximum absolute atomic E-state index is 12.0. The summed E-state index contributed by atoms with van der Waals surface area (Å²) >= 11 is 0. The summed E-state index contributed by atoms with van der Waals surface area (Å²) in [5, 5.41) is 4.51. The van der Waals surface area contributed by atoms with Crippen molar-refractivity contribution in [2.45, 2.75) is 58.9 Å². The summed E-state index contributed by atoms with van der Waals surface area (Å²) in [5.74, 6) is 0. The molecule has 1 aromatic carbocycles. The average Bonchev–Trinajstić information content (AvgIpc) is 2.39.